The highest BCUT2D eigenvalue weighted by Crippen LogP contribution is 1.73. The Kier molecular flexibility index (Phi) is 5.66. The second-order valence-corrected chi connectivity index (χ2v) is 1.02. The van der Waals surface area contributed by atoms with Crippen LogP contribution in [0.15, 0.2) is 30.6 Å². The molecule has 0 N–H and O–H groups in total. The lowest BCUT2D eigenvalue weighted by Crippen LogP contribution is -1.58. The van der Waals surface area contributed by atoms with Crippen molar-refractivity contribution in [2.24, 2.45) is 0 Å². The lowest BCUT2D eigenvalue weighted by Gasteiger charge is -1.70. The van der Waals surface area contributed by atoms with Crippen LogP contribution in [0.1, 0.15) is 0 Å². The number of hydrogen-bond donors (Lipinski definition) is 0. The highest BCUT2D eigenvalue weighted by atomic mass is 31.0. The fourth-order valence-electron chi connectivity index (χ4n) is 0.313. The van der Waals surface area contributed by atoms with Crippen LogP contribution in [0.2, 0.25) is 0 Å². The van der Waals surface area contributed by atoms with Crippen LogP contribution in [-0.4, -0.2) is 4.98 Å². The highest BCUT2D eigenvalue weighted by molar-refractivity contribution is 7.00. The van der Waals surface area contributed by atoms with Gasteiger partial charge in [0, 0.05) is 12.4 Å². The summed E-state index contributed by atoms with van der Waals surface area (Å²) in [7, 11) is 2.28. The van der Waals surface area contributed by atoms with Crippen molar-refractivity contribution in [2.75, 3.05) is 0 Å². The predicted octanol–water partition coefficient (Wildman–Crippen LogP) is 1.82. The maximum atomic E-state index is 7.94. The van der Waals surface area contributed by atoms with Gasteiger partial charge in [-0.3, -0.25) is 9.55 Å². The third kappa shape index (κ3) is 3.44. The lowest BCUT2D eigenvalue weighted by molar-refractivity contribution is 0.607. The van der Waals surface area contributed by atoms with E-state index in [0.29, 0.717) is 0 Å². The minimum Gasteiger partial charge on any atom is -0.265 e. The van der Waals surface area contributed by atoms with Crippen molar-refractivity contribution in [3.63, 3.8) is 0 Å². The molecule has 1 radical (unpaired) electrons. The summed E-state index contributed by atoms with van der Waals surface area (Å²) in [5.41, 5.74) is 0. The summed E-state index contributed by atoms with van der Waals surface area (Å²) in [5.74, 6) is 0. The van der Waals surface area contributed by atoms with Crippen molar-refractivity contribution < 1.29 is 4.57 Å². The molecule has 0 aliphatic carbocycles. The largest absolute Gasteiger partial charge is 0.265 e. The monoisotopic (exact) mass is 126 g/mol. The molecule has 0 aliphatic rings. The first-order valence-corrected chi connectivity index (χ1v) is 2.40. The van der Waals surface area contributed by atoms with Gasteiger partial charge in [-0.1, -0.05) is 6.07 Å². The summed E-state index contributed by atoms with van der Waals surface area (Å²) >= 11 is 0. The van der Waals surface area contributed by atoms with Gasteiger partial charge >= 0.3 is 0 Å². The van der Waals surface area contributed by atoms with Gasteiger partial charge in [0.25, 0.3) is 9.12 Å². The third-order valence-corrected chi connectivity index (χ3v) is 0.566. The molecule has 0 amide bonds. The Bertz CT molecular complexity index is 95.3. The summed E-state index contributed by atoms with van der Waals surface area (Å²) in [6, 6.07) is 5.72. The Labute approximate surface area is 50.2 Å². The molecule has 0 fully saturated rings. The van der Waals surface area contributed by atoms with E-state index < -0.39 is 0 Å². The van der Waals surface area contributed by atoms with E-state index in [-0.39, 0.29) is 0 Å². The number of pyridine rings is 1. The van der Waals surface area contributed by atoms with Gasteiger partial charge in [0.05, 0.1) is 0 Å². The Morgan fingerprint density at radius 1 is 1.00 bits per heavy atom. The molecule has 0 spiro atoms. The highest BCUT2D eigenvalue weighted by Gasteiger charge is 1.58. The first-order chi connectivity index (χ1) is 4.00. The second kappa shape index (κ2) is 6.25. The molecule has 0 aromatic carbocycles. The van der Waals surface area contributed by atoms with Crippen LogP contribution >= 0.6 is 9.12 Å². The van der Waals surface area contributed by atoms with Crippen molar-refractivity contribution in [3.8, 4) is 0 Å². The first-order valence-electron chi connectivity index (χ1n) is 2.03. The normalized spacial score (nSPS) is 6.50. The van der Waals surface area contributed by atoms with Gasteiger partial charge in [-0.05, 0) is 12.1 Å². The van der Waals surface area contributed by atoms with Crippen LogP contribution in [0.4, 0.5) is 0 Å². The molecule has 3 heteroatoms. The van der Waals surface area contributed by atoms with E-state index in [9.17, 15) is 0 Å². The van der Waals surface area contributed by atoms with Crippen LogP contribution in [0.3, 0.4) is 0 Å². The SMILES string of the molecule is O=[P].c1ccncc1. The van der Waals surface area contributed by atoms with Gasteiger partial charge < -0.3 is 0 Å². The number of aromatic nitrogens is 1. The smallest absolute Gasteiger partial charge is 0.261 e. The Hall–Kier alpha value is -0.750. The van der Waals surface area contributed by atoms with Crippen molar-refractivity contribution >= 4 is 9.12 Å². The Morgan fingerprint density at radius 2 is 1.50 bits per heavy atom. The first kappa shape index (κ1) is 7.25. The van der Waals surface area contributed by atoms with E-state index in [0.717, 1.165) is 0 Å². The average Bonchev–Trinajstić information content (AvgIpc) is 1.96. The molecule has 0 unspecified atom stereocenters. The molecule has 0 saturated carbocycles. The van der Waals surface area contributed by atoms with Crippen LogP contribution in [0.5, 0.6) is 0 Å². The summed E-state index contributed by atoms with van der Waals surface area (Å²) in [5, 5.41) is 0. The molecule has 0 atom stereocenters. The van der Waals surface area contributed by atoms with E-state index in [1.807, 2.05) is 18.2 Å². The van der Waals surface area contributed by atoms with E-state index in [4.69, 9.17) is 4.57 Å². The number of nitrogens with zero attached hydrogens (tertiary/aromatic N) is 1. The zero-order valence-corrected chi connectivity index (χ0v) is 5.08. The minimum absolute atomic E-state index is 1.75. The Balaban J connectivity index is 0.000000222. The molecule has 1 aromatic heterocycles. The van der Waals surface area contributed by atoms with E-state index >= 15 is 0 Å². The third-order valence-electron chi connectivity index (χ3n) is 0.566. The summed E-state index contributed by atoms with van der Waals surface area (Å²) < 4.78 is 7.94. The van der Waals surface area contributed by atoms with Gasteiger partial charge in [-0.15, -0.1) is 0 Å². The summed E-state index contributed by atoms with van der Waals surface area (Å²) in [4.78, 5) is 3.78. The summed E-state index contributed by atoms with van der Waals surface area (Å²) in [6.07, 6.45) is 3.50. The molecule has 8 heavy (non-hydrogen) atoms. The van der Waals surface area contributed by atoms with Crippen LogP contribution < -0.4 is 0 Å². The van der Waals surface area contributed by atoms with Crippen LogP contribution in [0, 0.1) is 0 Å². The van der Waals surface area contributed by atoms with E-state index in [2.05, 4.69) is 14.1 Å². The molecule has 2 nitrogen and oxygen atoms in total. The van der Waals surface area contributed by atoms with Gasteiger partial charge in [-0.25, -0.2) is 0 Å². The maximum Gasteiger partial charge on any atom is 0.261 e. The van der Waals surface area contributed by atoms with Gasteiger partial charge in [0.15, 0.2) is 0 Å². The topological polar surface area (TPSA) is 30.0 Å². The average molecular weight is 126 g/mol. The lowest BCUT2D eigenvalue weighted by atomic mass is 10.5. The van der Waals surface area contributed by atoms with Crippen molar-refractivity contribution in [1.29, 1.82) is 0 Å². The van der Waals surface area contributed by atoms with Gasteiger partial charge in [-0.2, -0.15) is 0 Å². The van der Waals surface area contributed by atoms with Crippen molar-refractivity contribution in [3.05, 3.63) is 30.6 Å². The summed E-state index contributed by atoms with van der Waals surface area (Å²) in [6.45, 7) is 0. The van der Waals surface area contributed by atoms with Gasteiger partial charge in [0.1, 0.15) is 0 Å². The van der Waals surface area contributed by atoms with E-state index in [1.165, 1.54) is 0 Å². The molecular formula is C5H5NOP. The van der Waals surface area contributed by atoms with Crippen LogP contribution in [-0.2, 0) is 4.57 Å². The maximum absolute atomic E-state index is 7.94. The van der Waals surface area contributed by atoms with Crippen LogP contribution in [0.25, 0.3) is 0 Å². The van der Waals surface area contributed by atoms with Crippen molar-refractivity contribution in [2.45, 2.75) is 0 Å². The van der Waals surface area contributed by atoms with Crippen molar-refractivity contribution in [1.82, 2.24) is 4.98 Å². The fraction of sp³-hybridized carbons (Fsp3) is 0. The number of hydrogen-bond acceptors (Lipinski definition) is 2. The molecule has 0 saturated heterocycles. The molecular weight excluding hydrogens is 121 g/mol. The molecule has 1 aromatic rings. The standard InChI is InChI=1S/C5H5N.OP/c1-2-4-6-5-3-1;1-2/h1-5H;. The Morgan fingerprint density at radius 3 is 1.62 bits per heavy atom. The zero-order valence-electron chi connectivity index (χ0n) is 4.19. The molecule has 1 rings (SSSR count). The number of rotatable bonds is 0. The molecule has 41 valence electrons. The van der Waals surface area contributed by atoms with E-state index in [1.54, 1.807) is 12.4 Å². The molecule has 0 bridgehead atoms. The second-order valence-electron chi connectivity index (χ2n) is 1.02. The zero-order chi connectivity index (χ0) is 6.24. The fourth-order valence-corrected chi connectivity index (χ4v) is 0.313. The minimum atomic E-state index is 1.75. The van der Waals surface area contributed by atoms with Gasteiger partial charge in [0.2, 0.25) is 0 Å². The predicted molar refractivity (Wildman–Crippen MR) is 31.8 cm³/mol. The molecule has 0 aliphatic heterocycles. The molecule has 1 heterocycles. The quantitative estimate of drug-likeness (QED) is 0.496.